The molecule has 1 fully saturated rings. The van der Waals surface area contributed by atoms with Crippen molar-refractivity contribution in [2.75, 3.05) is 20.3 Å². The molecule has 108 valence electrons. The van der Waals surface area contributed by atoms with Crippen molar-refractivity contribution in [1.82, 2.24) is 9.88 Å². The molecule has 2 heterocycles. The van der Waals surface area contributed by atoms with Crippen molar-refractivity contribution in [2.24, 2.45) is 0 Å². The Morgan fingerprint density at radius 2 is 2.25 bits per heavy atom. The van der Waals surface area contributed by atoms with Gasteiger partial charge in [0.05, 0.1) is 18.2 Å². The lowest BCUT2D eigenvalue weighted by Crippen LogP contribution is -2.38. The van der Waals surface area contributed by atoms with Gasteiger partial charge in [0.15, 0.2) is 0 Å². The third-order valence-electron chi connectivity index (χ3n) is 3.42. The molecule has 0 aliphatic carbocycles. The highest BCUT2D eigenvalue weighted by molar-refractivity contribution is 5.96. The molecular formula is C14H18N2O4. The van der Waals surface area contributed by atoms with Crippen molar-refractivity contribution >= 4 is 11.9 Å². The van der Waals surface area contributed by atoms with Crippen LogP contribution in [-0.4, -0.2) is 53.2 Å². The van der Waals surface area contributed by atoms with E-state index in [1.807, 2.05) is 0 Å². The maximum atomic E-state index is 12.5. The average Bonchev–Trinajstić information content (AvgIpc) is 2.85. The number of pyridine rings is 1. The molecule has 0 aromatic carbocycles. The number of carboxylic acids is 1. The Kier molecular flexibility index (Phi) is 4.34. The van der Waals surface area contributed by atoms with E-state index in [1.54, 1.807) is 18.9 Å². The fourth-order valence-corrected chi connectivity index (χ4v) is 2.52. The number of carbonyl (C=O) groups is 2. The van der Waals surface area contributed by atoms with Gasteiger partial charge in [0.2, 0.25) is 0 Å². The number of aromatic carboxylic acids is 1. The van der Waals surface area contributed by atoms with Gasteiger partial charge in [-0.25, -0.2) is 9.78 Å². The summed E-state index contributed by atoms with van der Waals surface area (Å²) >= 11 is 0. The third kappa shape index (κ3) is 2.96. The maximum Gasteiger partial charge on any atom is 0.335 e. The van der Waals surface area contributed by atoms with E-state index in [2.05, 4.69) is 4.98 Å². The monoisotopic (exact) mass is 278 g/mol. The fourth-order valence-electron chi connectivity index (χ4n) is 2.52. The molecule has 1 aromatic heterocycles. The minimum Gasteiger partial charge on any atom is -0.478 e. The first-order valence-corrected chi connectivity index (χ1v) is 6.55. The van der Waals surface area contributed by atoms with Crippen LogP contribution in [0, 0.1) is 6.92 Å². The van der Waals surface area contributed by atoms with Gasteiger partial charge in [0.1, 0.15) is 5.69 Å². The Balaban J connectivity index is 2.26. The molecule has 0 radical (unpaired) electrons. The molecule has 0 saturated carbocycles. The maximum absolute atomic E-state index is 12.5. The number of amides is 1. The fraction of sp³-hybridized carbons (Fsp3) is 0.500. The zero-order valence-corrected chi connectivity index (χ0v) is 11.6. The van der Waals surface area contributed by atoms with Crippen LogP contribution in [0.3, 0.4) is 0 Å². The van der Waals surface area contributed by atoms with E-state index in [0.717, 1.165) is 12.8 Å². The zero-order chi connectivity index (χ0) is 14.7. The molecule has 1 amide bonds. The normalized spacial score (nSPS) is 18.3. The number of carboxylic acid groups (broad SMARTS) is 1. The summed E-state index contributed by atoms with van der Waals surface area (Å²) in [5, 5.41) is 9.04. The standard InChI is InChI=1S/C14H18N2O4/c1-9-6-10(14(18)19)7-12(15-9)13(17)16-5-3-4-11(16)8-20-2/h6-7,11H,3-5,8H2,1-2H3,(H,18,19). The Morgan fingerprint density at radius 3 is 2.90 bits per heavy atom. The van der Waals surface area contributed by atoms with Crippen LogP contribution in [0.4, 0.5) is 0 Å². The molecule has 1 saturated heterocycles. The third-order valence-corrected chi connectivity index (χ3v) is 3.42. The van der Waals surface area contributed by atoms with Gasteiger partial charge in [-0.05, 0) is 31.9 Å². The van der Waals surface area contributed by atoms with Gasteiger partial charge >= 0.3 is 5.97 Å². The lowest BCUT2D eigenvalue weighted by molar-refractivity contribution is 0.0625. The second-order valence-electron chi connectivity index (χ2n) is 4.94. The lowest BCUT2D eigenvalue weighted by Gasteiger charge is -2.23. The van der Waals surface area contributed by atoms with Crippen molar-refractivity contribution < 1.29 is 19.4 Å². The lowest BCUT2D eigenvalue weighted by atomic mass is 10.1. The molecule has 0 bridgehead atoms. The number of aromatic nitrogens is 1. The van der Waals surface area contributed by atoms with Gasteiger partial charge in [-0.15, -0.1) is 0 Å². The Labute approximate surface area is 117 Å². The highest BCUT2D eigenvalue weighted by Gasteiger charge is 2.30. The van der Waals surface area contributed by atoms with Crippen molar-refractivity contribution in [1.29, 1.82) is 0 Å². The Bertz CT molecular complexity index is 530. The molecule has 20 heavy (non-hydrogen) atoms. The van der Waals surface area contributed by atoms with Crippen molar-refractivity contribution in [3.8, 4) is 0 Å². The van der Waals surface area contributed by atoms with Crippen LogP contribution in [0.25, 0.3) is 0 Å². The van der Waals surface area contributed by atoms with Gasteiger partial charge in [-0.2, -0.15) is 0 Å². The SMILES string of the molecule is COCC1CCCN1C(=O)c1cc(C(=O)O)cc(C)n1. The predicted octanol–water partition coefficient (Wildman–Crippen LogP) is 1.34. The summed E-state index contributed by atoms with van der Waals surface area (Å²) < 4.78 is 5.12. The average molecular weight is 278 g/mol. The molecule has 1 N–H and O–H groups in total. The summed E-state index contributed by atoms with van der Waals surface area (Å²) in [4.78, 5) is 29.4. The molecular weight excluding hydrogens is 260 g/mol. The molecule has 6 nitrogen and oxygen atoms in total. The molecule has 1 unspecified atom stereocenters. The smallest absolute Gasteiger partial charge is 0.335 e. The molecule has 1 aliphatic rings. The molecule has 0 spiro atoms. The van der Waals surface area contributed by atoms with Gasteiger partial charge in [-0.3, -0.25) is 4.79 Å². The second-order valence-corrected chi connectivity index (χ2v) is 4.94. The summed E-state index contributed by atoms with van der Waals surface area (Å²) in [7, 11) is 1.61. The van der Waals surface area contributed by atoms with Crippen LogP contribution in [0.1, 0.15) is 39.4 Å². The first kappa shape index (κ1) is 14.5. The molecule has 1 atom stereocenters. The number of hydrogen-bond acceptors (Lipinski definition) is 4. The number of carbonyl (C=O) groups excluding carboxylic acids is 1. The van der Waals surface area contributed by atoms with Crippen LogP contribution >= 0.6 is 0 Å². The summed E-state index contributed by atoms with van der Waals surface area (Å²) in [5.74, 6) is -1.28. The van der Waals surface area contributed by atoms with Crippen LogP contribution in [0.2, 0.25) is 0 Å². The summed E-state index contributed by atoms with van der Waals surface area (Å²) in [5.41, 5.74) is 0.796. The van der Waals surface area contributed by atoms with Crippen molar-refractivity contribution in [3.05, 3.63) is 29.1 Å². The largest absolute Gasteiger partial charge is 0.478 e. The van der Waals surface area contributed by atoms with E-state index in [9.17, 15) is 9.59 Å². The van der Waals surface area contributed by atoms with E-state index >= 15 is 0 Å². The van der Waals surface area contributed by atoms with Gasteiger partial charge in [0.25, 0.3) is 5.91 Å². The summed E-state index contributed by atoms with van der Waals surface area (Å²) in [6.07, 6.45) is 1.83. The molecule has 6 heteroatoms. The van der Waals surface area contributed by atoms with Gasteiger partial charge < -0.3 is 14.7 Å². The first-order chi connectivity index (χ1) is 9.52. The van der Waals surface area contributed by atoms with E-state index in [-0.39, 0.29) is 23.2 Å². The number of hydrogen-bond donors (Lipinski definition) is 1. The number of ether oxygens (including phenoxy) is 1. The van der Waals surface area contributed by atoms with Crippen LogP contribution in [-0.2, 0) is 4.74 Å². The van der Waals surface area contributed by atoms with E-state index in [0.29, 0.717) is 18.8 Å². The minimum atomic E-state index is -1.06. The molecule has 1 aromatic rings. The van der Waals surface area contributed by atoms with E-state index in [1.165, 1.54) is 12.1 Å². The molecule has 1 aliphatic heterocycles. The summed E-state index contributed by atoms with van der Waals surface area (Å²) in [6.45, 7) is 2.83. The van der Waals surface area contributed by atoms with Gasteiger partial charge in [-0.1, -0.05) is 0 Å². The van der Waals surface area contributed by atoms with E-state index < -0.39 is 5.97 Å². The number of nitrogens with zero attached hydrogens (tertiary/aromatic N) is 2. The van der Waals surface area contributed by atoms with Crippen LogP contribution in [0.5, 0.6) is 0 Å². The van der Waals surface area contributed by atoms with Crippen molar-refractivity contribution in [2.45, 2.75) is 25.8 Å². The van der Waals surface area contributed by atoms with Crippen molar-refractivity contribution in [3.63, 3.8) is 0 Å². The molecule has 2 rings (SSSR count). The number of rotatable bonds is 4. The highest BCUT2D eigenvalue weighted by atomic mass is 16.5. The van der Waals surface area contributed by atoms with Crippen LogP contribution in [0.15, 0.2) is 12.1 Å². The number of likely N-dealkylation sites (tertiary alicyclic amines) is 1. The zero-order valence-electron chi connectivity index (χ0n) is 11.6. The second kappa shape index (κ2) is 6.00. The summed E-state index contributed by atoms with van der Waals surface area (Å²) in [6, 6.07) is 2.83. The van der Waals surface area contributed by atoms with E-state index in [4.69, 9.17) is 9.84 Å². The number of aryl methyl sites for hydroxylation is 1. The quantitative estimate of drug-likeness (QED) is 0.899. The highest BCUT2D eigenvalue weighted by Crippen LogP contribution is 2.20. The number of methoxy groups -OCH3 is 1. The minimum absolute atomic E-state index is 0.0445. The topological polar surface area (TPSA) is 79.7 Å². The Hall–Kier alpha value is -1.95. The van der Waals surface area contributed by atoms with Crippen LogP contribution < -0.4 is 0 Å². The Morgan fingerprint density at radius 1 is 1.50 bits per heavy atom. The van der Waals surface area contributed by atoms with Gasteiger partial charge in [0, 0.05) is 19.3 Å². The first-order valence-electron chi connectivity index (χ1n) is 6.55. The predicted molar refractivity (Wildman–Crippen MR) is 71.9 cm³/mol.